The van der Waals surface area contributed by atoms with Crippen molar-refractivity contribution in [2.24, 2.45) is 5.92 Å². The van der Waals surface area contributed by atoms with Gasteiger partial charge in [0, 0.05) is 6.54 Å². The average Bonchev–Trinajstić information content (AvgIpc) is 3.09. The lowest BCUT2D eigenvalue weighted by atomic mass is 9.87. The molecular weight excluding hydrogens is 226 g/mol. The minimum Gasteiger partial charge on any atom is -0.481 e. The number of carboxylic acids is 1. The molecule has 0 spiro atoms. The highest BCUT2D eigenvalue weighted by Crippen LogP contribution is 2.45. The van der Waals surface area contributed by atoms with Crippen LogP contribution in [0.2, 0.25) is 0 Å². The number of nitrogens with zero attached hydrogens (tertiary/aromatic N) is 1. The molecule has 3 heteroatoms. The van der Waals surface area contributed by atoms with Crippen molar-refractivity contribution in [2.45, 2.75) is 31.7 Å². The van der Waals surface area contributed by atoms with Crippen LogP contribution in [0, 0.1) is 5.92 Å². The Morgan fingerprint density at radius 3 is 2.61 bits per heavy atom. The number of aliphatic carboxylic acids is 1. The smallest absolute Gasteiger partial charge is 0.303 e. The zero-order valence-electron chi connectivity index (χ0n) is 11.1. The number of carbonyl (C=O) groups is 1. The topological polar surface area (TPSA) is 40.5 Å². The molecule has 1 fully saturated rings. The molecule has 0 aliphatic heterocycles. The molecule has 0 radical (unpaired) electrons. The van der Waals surface area contributed by atoms with Gasteiger partial charge in [-0.1, -0.05) is 24.3 Å². The Labute approximate surface area is 108 Å². The van der Waals surface area contributed by atoms with Crippen LogP contribution in [0.1, 0.15) is 36.3 Å². The van der Waals surface area contributed by atoms with Crippen LogP contribution in [-0.4, -0.2) is 30.1 Å². The molecule has 0 amide bonds. The van der Waals surface area contributed by atoms with Crippen LogP contribution in [0.15, 0.2) is 24.3 Å². The monoisotopic (exact) mass is 247 g/mol. The summed E-state index contributed by atoms with van der Waals surface area (Å²) in [7, 11) is 4.08. The number of hydrogen-bond donors (Lipinski definition) is 1. The van der Waals surface area contributed by atoms with Gasteiger partial charge in [0.05, 0.1) is 6.42 Å². The van der Waals surface area contributed by atoms with E-state index in [2.05, 4.69) is 17.0 Å². The van der Waals surface area contributed by atoms with Gasteiger partial charge in [-0.2, -0.15) is 0 Å². The largest absolute Gasteiger partial charge is 0.481 e. The lowest BCUT2D eigenvalue weighted by Crippen LogP contribution is -2.16. The summed E-state index contributed by atoms with van der Waals surface area (Å²) in [5, 5.41) is 9.08. The van der Waals surface area contributed by atoms with Crippen LogP contribution < -0.4 is 0 Å². The Morgan fingerprint density at radius 2 is 2.06 bits per heavy atom. The Balaban J connectivity index is 2.25. The van der Waals surface area contributed by atoms with Gasteiger partial charge in [0.25, 0.3) is 0 Å². The van der Waals surface area contributed by atoms with E-state index in [0.717, 1.165) is 6.54 Å². The van der Waals surface area contributed by atoms with Gasteiger partial charge in [-0.25, -0.2) is 0 Å². The first-order chi connectivity index (χ1) is 8.58. The second kappa shape index (κ2) is 5.53. The molecule has 0 bridgehead atoms. The standard InChI is InChI=1S/C15H21NO2/c1-16(2)10-12-5-3-4-6-13(12)14(9-15(17)18)11-7-8-11/h3-6,11,14H,7-10H2,1-2H3,(H,17,18). The Hall–Kier alpha value is -1.35. The molecule has 1 aromatic rings. The van der Waals surface area contributed by atoms with Crippen LogP contribution in [0.3, 0.4) is 0 Å². The molecule has 3 nitrogen and oxygen atoms in total. The fourth-order valence-corrected chi connectivity index (χ4v) is 2.60. The fraction of sp³-hybridized carbons (Fsp3) is 0.533. The van der Waals surface area contributed by atoms with Crippen molar-refractivity contribution >= 4 is 5.97 Å². The predicted molar refractivity (Wildman–Crippen MR) is 71.6 cm³/mol. The second-order valence-electron chi connectivity index (χ2n) is 5.48. The number of carboxylic acid groups (broad SMARTS) is 1. The van der Waals surface area contributed by atoms with Gasteiger partial charge in [0.15, 0.2) is 0 Å². The molecule has 1 N–H and O–H groups in total. The van der Waals surface area contributed by atoms with E-state index in [0.29, 0.717) is 5.92 Å². The van der Waals surface area contributed by atoms with Crippen LogP contribution in [0.4, 0.5) is 0 Å². The Morgan fingerprint density at radius 1 is 1.39 bits per heavy atom. The normalized spacial score (nSPS) is 16.8. The van der Waals surface area contributed by atoms with Gasteiger partial charge in [-0.05, 0) is 49.9 Å². The van der Waals surface area contributed by atoms with Crippen LogP contribution in [0.5, 0.6) is 0 Å². The molecule has 1 unspecified atom stereocenters. The molecule has 0 heterocycles. The van der Waals surface area contributed by atoms with E-state index in [1.165, 1.54) is 24.0 Å². The lowest BCUT2D eigenvalue weighted by molar-refractivity contribution is -0.137. The van der Waals surface area contributed by atoms with E-state index in [4.69, 9.17) is 5.11 Å². The summed E-state index contributed by atoms with van der Waals surface area (Å²) in [6.07, 6.45) is 2.61. The van der Waals surface area contributed by atoms with E-state index in [-0.39, 0.29) is 12.3 Å². The summed E-state index contributed by atoms with van der Waals surface area (Å²) in [5.41, 5.74) is 2.50. The molecule has 1 aliphatic carbocycles. The summed E-state index contributed by atoms with van der Waals surface area (Å²) in [6.45, 7) is 0.874. The third-order valence-corrected chi connectivity index (χ3v) is 3.53. The van der Waals surface area contributed by atoms with Crippen molar-refractivity contribution in [2.75, 3.05) is 14.1 Å². The lowest BCUT2D eigenvalue weighted by Gasteiger charge is -2.20. The van der Waals surface area contributed by atoms with Gasteiger partial charge in [0.2, 0.25) is 0 Å². The van der Waals surface area contributed by atoms with Crippen molar-refractivity contribution in [1.82, 2.24) is 4.90 Å². The Bertz CT molecular complexity index is 424. The summed E-state index contributed by atoms with van der Waals surface area (Å²) >= 11 is 0. The van der Waals surface area contributed by atoms with Crippen molar-refractivity contribution in [3.8, 4) is 0 Å². The number of rotatable bonds is 6. The highest BCUT2D eigenvalue weighted by atomic mass is 16.4. The average molecular weight is 247 g/mol. The van der Waals surface area contributed by atoms with E-state index >= 15 is 0 Å². The summed E-state index contributed by atoms with van der Waals surface area (Å²) < 4.78 is 0. The molecule has 0 aromatic heterocycles. The predicted octanol–water partition coefficient (Wildman–Crippen LogP) is 2.72. The maximum Gasteiger partial charge on any atom is 0.303 e. The van der Waals surface area contributed by atoms with Crippen molar-refractivity contribution in [3.05, 3.63) is 35.4 Å². The molecule has 1 atom stereocenters. The van der Waals surface area contributed by atoms with Crippen molar-refractivity contribution < 1.29 is 9.90 Å². The van der Waals surface area contributed by atoms with Crippen molar-refractivity contribution in [1.29, 1.82) is 0 Å². The zero-order valence-corrected chi connectivity index (χ0v) is 11.1. The van der Waals surface area contributed by atoms with Gasteiger partial charge < -0.3 is 10.0 Å². The number of hydrogen-bond acceptors (Lipinski definition) is 2. The van der Waals surface area contributed by atoms with Gasteiger partial charge >= 0.3 is 5.97 Å². The van der Waals surface area contributed by atoms with E-state index < -0.39 is 5.97 Å². The first kappa shape index (κ1) is 13.1. The van der Waals surface area contributed by atoms with Crippen LogP contribution >= 0.6 is 0 Å². The minimum absolute atomic E-state index is 0.193. The molecule has 1 aromatic carbocycles. The molecule has 1 saturated carbocycles. The minimum atomic E-state index is -0.688. The molecule has 98 valence electrons. The summed E-state index contributed by atoms with van der Waals surface area (Å²) in [5.74, 6) is 0.0784. The number of benzene rings is 1. The van der Waals surface area contributed by atoms with Gasteiger partial charge in [0.1, 0.15) is 0 Å². The maximum atomic E-state index is 11.0. The summed E-state index contributed by atoms with van der Waals surface area (Å²) in [6, 6.07) is 8.27. The quantitative estimate of drug-likeness (QED) is 0.840. The van der Waals surface area contributed by atoms with E-state index in [9.17, 15) is 4.79 Å². The molecule has 18 heavy (non-hydrogen) atoms. The molecule has 1 aliphatic rings. The van der Waals surface area contributed by atoms with Gasteiger partial charge in [-0.3, -0.25) is 4.79 Å². The fourth-order valence-electron chi connectivity index (χ4n) is 2.60. The van der Waals surface area contributed by atoms with Crippen LogP contribution in [0.25, 0.3) is 0 Å². The van der Waals surface area contributed by atoms with Gasteiger partial charge in [-0.15, -0.1) is 0 Å². The first-order valence-electron chi connectivity index (χ1n) is 6.52. The summed E-state index contributed by atoms with van der Waals surface area (Å²) in [4.78, 5) is 13.2. The third kappa shape index (κ3) is 3.33. The second-order valence-corrected chi connectivity index (χ2v) is 5.48. The van der Waals surface area contributed by atoms with Crippen LogP contribution in [-0.2, 0) is 11.3 Å². The van der Waals surface area contributed by atoms with Crippen molar-refractivity contribution in [3.63, 3.8) is 0 Å². The van der Waals surface area contributed by atoms with E-state index in [1.54, 1.807) is 0 Å². The van der Waals surface area contributed by atoms with E-state index in [1.807, 2.05) is 26.2 Å². The molecule has 0 saturated heterocycles. The Kier molecular flexibility index (Phi) is 4.02. The highest BCUT2D eigenvalue weighted by molar-refractivity contribution is 5.68. The first-order valence-corrected chi connectivity index (χ1v) is 6.52. The third-order valence-electron chi connectivity index (χ3n) is 3.53. The molecular formula is C15H21NO2. The zero-order chi connectivity index (χ0) is 13.1. The highest BCUT2D eigenvalue weighted by Gasteiger charge is 2.34. The molecule has 2 rings (SSSR count). The maximum absolute atomic E-state index is 11.0. The SMILES string of the molecule is CN(C)Cc1ccccc1C(CC(=O)O)C1CC1.